The van der Waals surface area contributed by atoms with Crippen LogP contribution >= 0.6 is 0 Å². The van der Waals surface area contributed by atoms with Crippen LogP contribution < -0.4 is 0 Å². The fourth-order valence-electron chi connectivity index (χ4n) is 6.90. The molecule has 2 fully saturated rings. The first-order chi connectivity index (χ1) is 18.0. The van der Waals surface area contributed by atoms with Crippen molar-refractivity contribution in [2.75, 3.05) is 0 Å². The molecule has 182 valence electrons. The lowest BCUT2D eigenvalue weighted by Gasteiger charge is -2.44. The lowest BCUT2D eigenvalue weighted by Crippen LogP contribution is -2.48. The zero-order valence-electron chi connectivity index (χ0n) is 22.2. The van der Waals surface area contributed by atoms with Crippen molar-refractivity contribution in [1.29, 1.82) is 0 Å². The quantitative estimate of drug-likeness (QED) is 0.373. The Morgan fingerprint density at radius 1 is 0.541 bits per heavy atom. The van der Waals surface area contributed by atoms with Crippen LogP contribution in [-0.4, -0.2) is 8.07 Å². The maximum atomic E-state index is 2.56. The lowest BCUT2D eigenvalue weighted by molar-refractivity contribution is 0.876. The zero-order valence-corrected chi connectivity index (χ0v) is 23.2. The Bertz CT molecular complexity index is 1090. The third kappa shape index (κ3) is 4.38. The molecule has 0 heterocycles. The van der Waals surface area contributed by atoms with Crippen LogP contribution in [0.15, 0.2) is 109 Å². The molecular weight excluding hydrogens is 460 g/mol. The van der Waals surface area contributed by atoms with Crippen LogP contribution in [-0.2, 0) is 0 Å². The van der Waals surface area contributed by atoms with Gasteiger partial charge in [-0.15, -0.1) is 0 Å². The van der Waals surface area contributed by atoms with Gasteiger partial charge in [0.2, 0.25) is 0 Å². The van der Waals surface area contributed by atoms with Gasteiger partial charge in [-0.2, -0.15) is 0 Å². The average molecular weight is 495 g/mol. The SMILES string of the molecule is C[C]1[CH][C]2[C](C=CC=CC2c2ccccc2)[C]1[Si](C)(C)[C]1[C](C)[CH][C]2[C]1C=CC=CC2c1ccccc1. The van der Waals surface area contributed by atoms with E-state index >= 15 is 0 Å². The summed E-state index contributed by atoms with van der Waals surface area (Å²) in [5.74, 6) is 9.22. The molecule has 0 N–H and O–H groups in total. The minimum absolute atomic E-state index is 0.285. The lowest BCUT2D eigenvalue weighted by atomic mass is 9.80. The van der Waals surface area contributed by atoms with Gasteiger partial charge in [0.05, 0.1) is 8.07 Å². The minimum atomic E-state index is -2.06. The van der Waals surface area contributed by atoms with Crippen LogP contribution in [0, 0.1) is 59.4 Å². The largest absolute Gasteiger partial charge is 0.0765 e. The van der Waals surface area contributed by atoms with Crippen LogP contribution in [0.5, 0.6) is 0 Å². The van der Waals surface area contributed by atoms with E-state index in [0.29, 0.717) is 0 Å². The number of rotatable bonds is 4. The van der Waals surface area contributed by atoms with Crippen molar-refractivity contribution in [2.24, 2.45) is 0 Å². The molecule has 2 unspecified atom stereocenters. The number of hydrogen-bond acceptors (Lipinski definition) is 0. The van der Waals surface area contributed by atoms with Crippen LogP contribution in [0.4, 0.5) is 0 Å². The smallest absolute Gasteiger partial charge is 0.0642 e. The molecule has 0 nitrogen and oxygen atoms in total. The van der Waals surface area contributed by atoms with Gasteiger partial charge in [-0.25, -0.2) is 0 Å². The summed E-state index contributed by atoms with van der Waals surface area (Å²) in [6.07, 6.45) is 23.3. The first-order valence-corrected chi connectivity index (χ1v) is 16.4. The molecule has 0 saturated heterocycles. The summed E-state index contributed by atoms with van der Waals surface area (Å²) in [5.41, 5.74) is 5.89. The van der Waals surface area contributed by atoms with Gasteiger partial charge in [-0.05, 0) is 46.9 Å². The Labute approximate surface area is 226 Å². The Hall–Kier alpha value is -2.38. The third-order valence-corrected chi connectivity index (χ3v) is 12.1. The topological polar surface area (TPSA) is 0 Å². The predicted molar refractivity (Wildman–Crippen MR) is 158 cm³/mol. The van der Waals surface area contributed by atoms with E-state index in [9.17, 15) is 0 Å². The van der Waals surface area contributed by atoms with Crippen molar-refractivity contribution < 1.29 is 0 Å². The molecule has 0 aliphatic heterocycles. The molecule has 10 radical (unpaired) electrons. The van der Waals surface area contributed by atoms with E-state index in [1.54, 1.807) is 11.1 Å². The van der Waals surface area contributed by atoms with Gasteiger partial charge in [-0.3, -0.25) is 0 Å². The number of hydrogen-bond donors (Lipinski definition) is 0. The van der Waals surface area contributed by atoms with Gasteiger partial charge in [0, 0.05) is 35.5 Å². The van der Waals surface area contributed by atoms with E-state index in [2.05, 4.69) is 149 Å². The normalized spacial score (nSPS) is 27.0. The molecular formula is C36H34Si. The van der Waals surface area contributed by atoms with Gasteiger partial charge < -0.3 is 0 Å². The molecule has 6 rings (SSSR count). The summed E-state index contributed by atoms with van der Waals surface area (Å²) in [4.78, 5) is 0. The summed E-state index contributed by atoms with van der Waals surface area (Å²) in [5, 5.41) is 0. The van der Waals surface area contributed by atoms with Crippen LogP contribution in [0.3, 0.4) is 0 Å². The second-order valence-corrected chi connectivity index (χ2v) is 15.3. The van der Waals surface area contributed by atoms with Crippen molar-refractivity contribution in [3.8, 4) is 0 Å². The van der Waals surface area contributed by atoms with Crippen molar-refractivity contribution >= 4 is 8.07 Å². The van der Waals surface area contributed by atoms with Crippen molar-refractivity contribution in [3.63, 3.8) is 0 Å². The predicted octanol–water partition coefficient (Wildman–Crippen LogP) is 8.66. The second-order valence-electron chi connectivity index (χ2n) is 11.0. The summed E-state index contributed by atoms with van der Waals surface area (Å²) in [6, 6.07) is 21.9. The average Bonchev–Trinajstić information content (AvgIpc) is 3.23. The van der Waals surface area contributed by atoms with E-state index in [1.807, 2.05) is 0 Å². The molecule has 0 aromatic heterocycles. The standard InChI is InChI=1S/C36H34Si/c1-25-23-33-29(27-15-7-5-8-16-27)19-11-13-21-31(33)35(25)37(3,4)36-26(2)24-34-30(20-12-14-22-32(34)36)28-17-9-6-10-18-28/h5-24,29-30H,1-4H3. The van der Waals surface area contributed by atoms with Crippen molar-refractivity contribution in [2.45, 2.75) is 38.8 Å². The molecule has 2 atom stereocenters. The van der Waals surface area contributed by atoms with Crippen LogP contribution in [0.2, 0.25) is 13.1 Å². The van der Waals surface area contributed by atoms with Crippen molar-refractivity contribution in [1.82, 2.24) is 0 Å². The molecule has 0 spiro atoms. The Morgan fingerprint density at radius 2 is 0.946 bits per heavy atom. The van der Waals surface area contributed by atoms with E-state index in [0.717, 1.165) is 0 Å². The van der Waals surface area contributed by atoms with Gasteiger partial charge in [0.15, 0.2) is 0 Å². The second kappa shape index (κ2) is 10.1. The molecule has 4 aliphatic rings. The summed E-state index contributed by atoms with van der Waals surface area (Å²) >= 11 is 0. The fraction of sp³-hybridized carbons (Fsp3) is 0.167. The fourth-order valence-corrected chi connectivity index (χ4v) is 11.1. The molecule has 0 amide bonds. The Balaban J connectivity index is 1.33. The molecule has 0 bridgehead atoms. The van der Waals surface area contributed by atoms with E-state index < -0.39 is 8.07 Å². The highest BCUT2D eigenvalue weighted by atomic mass is 28.3. The van der Waals surface area contributed by atoms with Gasteiger partial charge in [-0.1, -0.05) is 136 Å². The van der Waals surface area contributed by atoms with E-state index in [1.165, 1.54) is 46.6 Å². The van der Waals surface area contributed by atoms with E-state index in [-0.39, 0.29) is 11.8 Å². The molecule has 2 saturated carbocycles. The Morgan fingerprint density at radius 3 is 1.35 bits per heavy atom. The number of fused-ring (bicyclic) bond motifs is 2. The highest BCUT2D eigenvalue weighted by Crippen LogP contribution is 2.64. The molecule has 2 aromatic rings. The highest BCUT2D eigenvalue weighted by molar-refractivity contribution is 6.90. The third-order valence-electron chi connectivity index (χ3n) is 8.29. The number of allylic oxidation sites excluding steroid dienone is 8. The maximum absolute atomic E-state index is 2.56. The monoisotopic (exact) mass is 494 g/mol. The first kappa shape index (κ1) is 24.9. The molecule has 37 heavy (non-hydrogen) atoms. The summed E-state index contributed by atoms with van der Waals surface area (Å²) in [6.45, 7) is 9.79. The summed E-state index contributed by atoms with van der Waals surface area (Å²) < 4.78 is 0. The van der Waals surface area contributed by atoms with Gasteiger partial charge >= 0.3 is 0 Å². The number of benzene rings is 2. The minimum Gasteiger partial charge on any atom is -0.0765 e. The Kier molecular flexibility index (Phi) is 6.78. The van der Waals surface area contributed by atoms with Crippen molar-refractivity contribution in [3.05, 3.63) is 180 Å². The van der Waals surface area contributed by atoms with Crippen LogP contribution in [0.1, 0.15) is 36.8 Å². The van der Waals surface area contributed by atoms with Gasteiger partial charge in [0.1, 0.15) is 0 Å². The zero-order chi connectivity index (χ0) is 25.6. The molecule has 2 aromatic carbocycles. The van der Waals surface area contributed by atoms with E-state index in [4.69, 9.17) is 0 Å². The van der Waals surface area contributed by atoms with Crippen LogP contribution in [0.25, 0.3) is 0 Å². The first-order valence-electron chi connectivity index (χ1n) is 13.4. The molecule has 4 aliphatic carbocycles. The maximum Gasteiger partial charge on any atom is 0.0642 e. The summed E-state index contributed by atoms with van der Waals surface area (Å²) in [7, 11) is -2.06. The molecule has 1 heteroatoms. The highest BCUT2D eigenvalue weighted by Gasteiger charge is 2.59. The van der Waals surface area contributed by atoms with Gasteiger partial charge in [0.25, 0.3) is 0 Å².